The zero-order chi connectivity index (χ0) is 7.14. The molecule has 3 heteroatoms. The summed E-state index contributed by atoms with van der Waals surface area (Å²) in [6.45, 7) is 1.95. The lowest BCUT2D eigenvalue weighted by Gasteiger charge is -2.36. The van der Waals surface area contributed by atoms with Crippen LogP contribution in [0.4, 0.5) is 0 Å². The minimum absolute atomic E-state index is 0.0417. The third kappa shape index (κ3) is 0.669. The normalized spacial score (nSPS) is 44.2. The van der Waals surface area contributed by atoms with Crippen LogP contribution in [0, 0.1) is 17.8 Å². The van der Waals surface area contributed by atoms with Crippen molar-refractivity contribution in [1.82, 2.24) is 5.32 Å². The van der Waals surface area contributed by atoms with Crippen molar-refractivity contribution in [3.8, 4) is 0 Å². The van der Waals surface area contributed by atoms with Gasteiger partial charge in [0.2, 0.25) is 0 Å². The molecular formula is C7H11NO2. The minimum atomic E-state index is -0.607. The second kappa shape index (κ2) is 1.95. The van der Waals surface area contributed by atoms with Gasteiger partial charge in [-0.05, 0) is 31.3 Å². The van der Waals surface area contributed by atoms with Gasteiger partial charge in [-0.25, -0.2) is 0 Å². The summed E-state index contributed by atoms with van der Waals surface area (Å²) in [6, 6.07) is 0. The Kier molecular flexibility index (Phi) is 1.20. The van der Waals surface area contributed by atoms with Crippen molar-refractivity contribution in [2.45, 2.75) is 6.42 Å². The minimum Gasteiger partial charge on any atom is -0.481 e. The van der Waals surface area contributed by atoms with Crippen LogP contribution in [0.3, 0.4) is 0 Å². The molecule has 0 radical (unpaired) electrons. The van der Waals surface area contributed by atoms with E-state index in [1.165, 1.54) is 0 Å². The molecule has 2 rings (SSSR count). The van der Waals surface area contributed by atoms with Gasteiger partial charge in [0.05, 0.1) is 5.92 Å². The van der Waals surface area contributed by atoms with Crippen LogP contribution in [0.25, 0.3) is 0 Å². The molecule has 3 atom stereocenters. The van der Waals surface area contributed by atoms with Gasteiger partial charge < -0.3 is 10.4 Å². The number of hydrogen-bond acceptors (Lipinski definition) is 2. The zero-order valence-corrected chi connectivity index (χ0v) is 5.71. The van der Waals surface area contributed by atoms with Crippen molar-refractivity contribution < 1.29 is 9.90 Å². The average molecular weight is 141 g/mol. The Morgan fingerprint density at radius 3 is 2.90 bits per heavy atom. The fourth-order valence-corrected chi connectivity index (χ4v) is 2.07. The second-order valence-electron chi connectivity index (χ2n) is 3.26. The highest BCUT2D eigenvalue weighted by atomic mass is 16.4. The molecule has 1 saturated carbocycles. The lowest BCUT2D eigenvalue weighted by atomic mass is 9.67. The number of carbonyl (C=O) groups is 1. The number of hydrogen-bond donors (Lipinski definition) is 2. The molecule has 1 aliphatic heterocycles. The van der Waals surface area contributed by atoms with Crippen LogP contribution in [-0.4, -0.2) is 24.2 Å². The lowest BCUT2D eigenvalue weighted by molar-refractivity contribution is -0.149. The Morgan fingerprint density at radius 1 is 1.50 bits per heavy atom. The van der Waals surface area contributed by atoms with Crippen molar-refractivity contribution in [3.63, 3.8) is 0 Å². The molecule has 0 aromatic carbocycles. The SMILES string of the molecule is O=C(O)[C@@H]1C[C@H]2CNC[C@H]21. The summed E-state index contributed by atoms with van der Waals surface area (Å²) in [7, 11) is 0. The number of aliphatic carboxylic acids is 1. The highest BCUT2D eigenvalue weighted by molar-refractivity contribution is 5.71. The quantitative estimate of drug-likeness (QED) is 0.537. The molecule has 0 spiro atoms. The molecule has 0 amide bonds. The van der Waals surface area contributed by atoms with Crippen LogP contribution in [0.1, 0.15) is 6.42 Å². The van der Waals surface area contributed by atoms with E-state index < -0.39 is 5.97 Å². The molecule has 2 aliphatic rings. The van der Waals surface area contributed by atoms with E-state index in [2.05, 4.69) is 5.32 Å². The van der Waals surface area contributed by atoms with E-state index in [1.54, 1.807) is 0 Å². The standard InChI is InChI=1S/C7H11NO2/c9-7(10)5-1-4-2-8-3-6(4)5/h4-6,8H,1-3H2,(H,9,10)/t4-,5+,6+/m0/s1. The van der Waals surface area contributed by atoms with Gasteiger partial charge in [0.25, 0.3) is 0 Å². The van der Waals surface area contributed by atoms with Gasteiger partial charge in [0.15, 0.2) is 0 Å². The summed E-state index contributed by atoms with van der Waals surface area (Å²) >= 11 is 0. The van der Waals surface area contributed by atoms with Gasteiger partial charge in [-0.2, -0.15) is 0 Å². The number of fused-ring (bicyclic) bond motifs is 1. The number of nitrogens with one attached hydrogen (secondary N) is 1. The molecule has 10 heavy (non-hydrogen) atoms. The van der Waals surface area contributed by atoms with Crippen molar-refractivity contribution in [3.05, 3.63) is 0 Å². The van der Waals surface area contributed by atoms with Crippen LogP contribution in [-0.2, 0) is 4.79 Å². The molecule has 0 aromatic heterocycles. The van der Waals surface area contributed by atoms with E-state index in [4.69, 9.17) is 5.11 Å². The first kappa shape index (κ1) is 6.16. The average Bonchev–Trinajstić information content (AvgIpc) is 2.11. The van der Waals surface area contributed by atoms with E-state index in [9.17, 15) is 4.79 Å². The number of carboxylic acid groups (broad SMARTS) is 1. The van der Waals surface area contributed by atoms with E-state index in [1.807, 2.05) is 0 Å². The molecule has 3 nitrogen and oxygen atoms in total. The predicted octanol–water partition coefficient (Wildman–Crippen LogP) is -0.0735. The first-order valence-electron chi connectivity index (χ1n) is 3.72. The van der Waals surface area contributed by atoms with E-state index >= 15 is 0 Å². The maximum absolute atomic E-state index is 10.5. The lowest BCUT2D eigenvalue weighted by Crippen LogP contribution is -2.40. The van der Waals surface area contributed by atoms with Gasteiger partial charge >= 0.3 is 5.97 Å². The number of rotatable bonds is 1. The predicted molar refractivity (Wildman–Crippen MR) is 35.6 cm³/mol. The first-order chi connectivity index (χ1) is 4.79. The van der Waals surface area contributed by atoms with E-state index in [0.29, 0.717) is 11.8 Å². The molecule has 2 N–H and O–H groups in total. The Morgan fingerprint density at radius 2 is 2.30 bits per heavy atom. The van der Waals surface area contributed by atoms with Crippen LogP contribution in [0.5, 0.6) is 0 Å². The molecule has 0 unspecified atom stereocenters. The fourth-order valence-electron chi connectivity index (χ4n) is 2.07. The van der Waals surface area contributed by atoms with Gasteiger partial charge in [0.1, 0.15) is 0 Å². The largest absolute Gasteiger partial charge is 0.481 e. The highest BCUT2D eigenvalue weighted by Crippen LogP contribution is 2.42. The van der Waals surface area contributed by atoms with Crippen molar-refractivity contribution in [2.75, 3.05) is 13.1 Å². The zero-order valence-electron chi connectivity index (χ0n) is 5.71. The fraction of sp³-hybridized carbons (Fsp3) is 0.857. The first-order valence-corrected chi connectivity index (χ1v) is 3.72. The third-order valence-electron chi connectivity index (χ3n) is 2.78. The molecular weight excluding hydrogens is 130 g/mol. The maximum Gasteiger partial charge on any atom is 0.306 e. The highest BCUT2D eigenvalue weighted by Gasteiger charge is 2.47. The monoisotopic (exact) mass is 141 g/mol. The molecule has 1 saturated heterocycles. The smallest absolute Gasteiger partial charge is 0.306 e. The van der Waals surface area contributed by atoms with E-state index in [-0.39, 0.29) is 5.92 Å². The summed E-state index contributed by atoms with van der Waals surface area (Å²) < 4.78 is 0. The molecule has 1 heterocycles. The maximum atomic E-state index is 10.5. The summed E-state index contributed by atoms with van der Waals surface area (Å²) in [6.07, 6.45) is 0.896. The summed E-state index contributed by atoms with van der Waals surface area (Å²) in [5.74, 6) is 0.462. The van der Waals surface area contributed by atoms with Crippen molar-refractivity contribution >= 4 is 5.97 Å². The molecule has 1 aliphatic carbocycles. The molecule has 0 bridgehead atoms. The topological polar surface area (TPSA) is 49.3 Å². The van der Waals surface area contributed by atoms with Gasteiger partial charge in [-0.1, -0.05) is 0 Å². The molecule has 0 aromatic rings. The summed E-state index contributed by atoms with van der Waals surface area (Å²) in [5.41, 5.74) is 0. The van der Waals surface area contributed by atoms with Gasteiger partial charge in [-0.15, -0.1) is 0 Å². The van der Waals surface area contributed by atoms with Gasteiger partial charge in [0, 0.05) is 0 Å². The van der Waals surface area contributed by atoms with E-state index in [0.717, 1.165) is 19.5 Å². The Balaban J connectivity index is 2.00. The van der Waals surface area contributed by atoms with Crippen LogP contribution in [0.2, 0.25) is 0 Å². The summed E-state index contributed by atoms with van der Waals surface area (Å²) in [4.78, 5) is 10.5. The Bertz CT molecular complexity index is 169. The second-order valence-corrected chi connectivity index (χ2v) is 3.26. The molecule has 2 fully saturated rings. The Labute approximate surface area is 59.4 Å². The van der Waals surface area contributed by atoms with Crippen LogP contribution >= 0.6 is 0 Å². The third-order valence-corrected chi connectivity index (χ3v) is 2.78. The summed E-state index contributed by atoms with van der Waals surface area (Å²) in [5, 5.41) is 11.9. The number of carboxylic acids is 1. The van der Waals surface area contributed by atoms with Crippen LogP contribution < -0.4 is 5.32 Å². The van der Waals surface area contributed by atoms with Crippen molar-refractivity contribution in [2.24, 2.45) is 17.8 Å². The van der Waals surface area contributed by atoms with Crippen LogP contribution in [0.15, 0.2) is 0 Å². The molecule has 56 valence electrons. The van der Waals surface area contributed by atoms with Crippen molar-refractivity contribution in [1.29, 1.82) is 0 Å². The Hall–Kier alpha value is -0.570. The van der Waals surface area contributed by atoms with Gasteiger partial charge in [-0.3, -0.25) is 4.79 Å².